The summed E-state index contributed by atoms with van der Waals surface area (Å²) in [5.74, 6) is 0.0761. The molecule has 0 saturated carbocycles. The van der Waals surface area contributed by atoms with Crippen molar-refractivity contribution < 1.29 is 13.9 Å². The number of nitrogens with one attached hydrogen (secondary N) is 2. The van der Waals surface area contributed by atoms with E-state index in [1.165, 1.54) is 35.1 Å². The summed E-state index contributed by atoms with van der Waals surface area (Å²) in [6, 6.07) is 18.2. The maximum atomic E-state index is 13.3. The molecule has 0 aliphatic heterocycles. The Morgan fingerprint density at radius 2 is 1.91 bits per heavy atom. The molecular weight excluding hydrogens is 423 g/mol. The molecule has 0 unspecified atom stereocenters. The Labute approximate surface area is 187 Å². The molecule has 3 aromatic carbocycles. The third-order valence-corrected chi connectivity index (χ3v) is 5.46. The number of H-pyrrole nitrogens is 1. The highest BCUT2D eigenvalue weighted by Crippen LogP contribution is 2.22. The first-order valence-electron chi connectivity index (χ1n) is 10.2. The summed E-state index contributed by atoms with van der Waals surface area (Å²) in [6.07, 6.45) is 1.50. The number of carbonyl (C=O) groups excluding carboxylic acids is 1. The number of fused-ring (bicyclic) bond motifs is 3. The smallest absolute Gasteiger partial charge is 0.280 e. The molecule has 0 radical (unpaired) electrons. The Balaban J connectivity index is 1.50. The Kier molecular flexibility index (Phi) is 5.10. The third kappa shape index (κ3) is 3.82. The summed E-state index contributed by atoms with van der Waals surface area (Å²) in [5, 5.41) is 6.99. The molecule has 2 aromatic heterocycles. The van der Waals surface area contributed by atoms with E-state index in [0.29, 0.717) is 39.6 Å². The summed E-state index contributed by atoms with van der Waals surface area (Å²) in [4.78, 5) is 30.1. The highest BCUT2D eigenvalue weighted by Gasteiger charge is 2.14. The number of aromatic amines is 1. The first kappa shape index (κ1) is 20.4. The molecular formula is C25H19FN4O3. The van der Waals surface area contributed by atoms with E-state index in [0.717, 1.165) is 11.3 Å². The minimum absolute atomic E-state index is 0.253. The van der Waals surface area contributed by atoms with Crippen LogP contribution in [0.5, 0.6) is 5.75 Å². The van der Waals surface area contributed by atoms with Gasteiger partial charge < -0.3 is 10.1 Å². The number of aromatic nitrogens is 3. The van der Waals surface area contributed by atoms with Crippen LogP contribution in [0.3, 0.4) is 0 Å². The van der Waals surface area contributed by atoms with Gasteiger partial charge in [0.25, 0.3) is 11.5 Å². The SMILES string of the molecule is COc1cccc(CNC(=O)c2ccc3ncc4c(=O)n(-c5ccc(F)cc5)[nH]c4c3c2)c1. The predicted octanol–water partition coefficient (Wildman–Crippen LogP) is 3.94. The van der Waals surface area contributed by atoms with E-state index in [-0.39, 0.29) is 17.3 Å². The number of pyridine rings is 1. The lowest BCUT2D eigenvalue weighted by molar-refractivity contribution is 0.0951. The topological polar surface area (TPSA) is 89.0 Å². The van der Waals surface area contributed by atoms with E-state index in [1.54, 1.807) is 25.3 Å². The molecule has 164 valence electrons. The highest BCUT2D eigenvalue weighted by molar-refractivity contribution is 6.06. The fourth-order valence-electron chi connectivity index (χ4n) is 3.74. The predicted molar refractivity (Wildman–Crippen MR) is 123 cm³/mol. The first-order chi connectivity index (χ1) is 16.0. The molecule has 0 spiro atoms. The van der Waals surface area contributed by atoms with E-state index >= 15 is 0 Å². The van der Waals surface area contributed by atoms with Crippen molar-refractivity contribution in [3.8, 4) is 11.4 Å². The highest BCUT2D eigenvalue weighted by atomic mass is 19.1. The Morgan fingerprint density at radius 3 is 2.70 bits per heavy atom. The number of hydrogen-bond donors (Lipinski definition) is 2. The number of benzene rings is 3. The van der Waals surface area contributed by atoms with Crippen LogP contribution in [0.25, 0.3) is 27.5 Å². The molecule has 5 aromatic rings. The van der Waals surface area contributed by atoms with Crippen molar-refractivity contribution in [2.45, 2.75) is 6.54 Å². The standard InChI is InChI=1S/C25H19FN4O3/c1-33-19-4-2-3-15(11-19)13-28-24(31)16-5-10-22-20(12-16)23-21(14-27-22)25(32)30(29-23)18-8-6-17(26)7-9-18/h2-12,14,29H,13H2,1H3,(H,28,31). The van der Waals surface area contributed by atoms with Crippen LogP contribution >= 0.6 is 0 Å². The average Bonchev–Trinajstić information content (AvgIpc) is 3.19. The molecule has 8 heteroatoms. The van der Waals surface area contributed by atoms with Gasteiger partial charge in [-0.15, -0.1) is 0 Å². The Bertz CT molecular complexity index is 1550. The van der Waals surface area contributed by atoms with Crippen LogP contribution in [0.1, 0.15) is 15.9 Å². The summed E-state index contributed by atoms with van der Waals surface area (Å²) in [7, 11) is 1.59. The molecule has 33 heavy (non-hydrogen) atoms. The van der Waals surface area contributed by atoms with Gasteiger partial charge in [-0.2, -0.15) is 0 Å². The van der Waals surface area contributed by atoms with Crippen LogP contribution in [-0.2, 0) is 6.54 Å². The molecule has 7 nitrogen and oxygen atoms in total. The van der Waals surface area contributed by atoms with Gasteiger partial charge in [0.1, 0.15) is 11.6 Å². The first-order valence-corrected chi connectivity index (χ1v) is 10.2. The van der Waals surface area contributed by atoms with Gasteiger partial charge in [-0.05, 0) is 60.2 Å². The maximum Gasteiger partial charge on any atom is 0.280 e. The Hall–Kier alpha value is -4.46. The van der Waals surface area contributed by atoms with Crippen molar-refractivity contribution in [1.29, 1.82) is 0 Å². The van der Waals surface area contributed by atoms with Crippen LogP contribution in [0, 0.1) is 5.82 Å². The van der Waals surface area contributed by atoms with Crippen LogP contribution < -0.4 is 15.6 Å². The molecule has 0 saturated heterocycles. The molecule has 0 aliphatic rings. The van der Waals surface area contributed by atoms with E-state index in [1.807, 2.05) is 24.3 Å². The summed E-state index contributed by atoms with van der Waals surface area (Å²) >= 11 is 0. The van der Waals surface area contributed by atoms with Crippen molar-refractivity contribution in [1.82, 2.24) is 20.1 Å². The van der Waals surface area contributed by atoms with Crippen molar-refractivity contribution >= 4 is 27.7 Å². The lowest BCUT2D eigenvalue weighted by Crippen LogP contribution is -2.22. The second-order valence-corrected chi connectivity index (χ2v) is 7.54. The largest absolute Gasteiger partial charge is 0.497 e. The van der Waals surface area contributed by atoms with Crippen LogP contribution in [0.2, 0.25) is 0 Å². The minimum atomic E-state index is -0.389. The van der Waals surface area contributed by atoms with Gasteiger partial charge in [0.2, 0.25) is 0 Å². The molecule has 0 atom stereocenters. The normalized spacial score (nSPS) is 11.1. The summed E-state index contributed by atoms with van der Waals surface area (Å²) in [6.45, 7) is 0.342. The number of rotatable bonds is 5. The van der Waals surface area contributed by atoms with Crippen molar-refractivity contribution in [2.24, 2.45) is 0 Å². The van der Waals surface area contributed by atoms with Gasteiger partial charge in [0.15, 0.2) is 0 Å². The average molecular weight is 442 g/mol. The minimum Gasteiger partial charge on any atom is -0.497 e. The zero-order chi connectivity index (χ0) is 22.9. The van der Waals surface area contributed by atoms with Crippen molar-refractivity contribution in [3.05, 3.63) is 100 Å². The molecule has 0 aliphatic carbocycles. The molecule has 2 N–H and O–H groups in total. The van der Waals surface area contributed by atoms with Gasteiger partial charge in [-0.25, -0.2) is 9.07 Å². The van der Waals surface area contributed by atoms with E-state index < -0.39 is 0 Å². The van der Waals surface area contributed by atoms with Gasteiger partial charge in [-0.1, -0.05) is 12.1 Å². The summed E-state index contributed by atoms with van der Waals surface area (Å²) < 4.78 is 19.8. The Morgan fingerprint density at radius 1 is 1.09 bits per heavy atom. The zero-order valence-electron chi connectivity index (χ0n) is 17.6. The number of nitrogens with zero attached hydrogens (tertiary/aromatic N) is 2. The van der Waals surface area contributed by atoms with E-state index in [2.05, 4.69) is 15.4 Å². The second-order valence-electron chi connectivity index (χ2n) is 7.54. The van der Waals surface area contributed by atoms with Gasteiger partial charge in [0, 0.05) is 23.7 Å². The number of amides is 1. The third-order valence-electron chi connectivity index (χ3n) is 5.46. The zero-order valence-corrected chi connectivity index (χ0v) is 17.6. The molecule has 0 bridgehead atoms. The fourth-order valence-corrected chi connectivity index (χ4v) is 3.74. The van der Waals surface area contributed by atoms with Crippen LogP contribution in [0.4, 0.5) is 4.39 Å². The van der Waals surface area contributed by atoms with Gasteiger partial charge in [-0.3, -0.25) is 19.7 Å². The second kappa shape index (κ2) is 8.23. The van der Waals surface area contributed by atoms with Gasteiger partial charge in [0.05, 0.1) is 29.2 Å². The monoisotopic (exact) mass is 442 g/mol. The van der Waals surface area contributed by atoms with Crippen molar-refractivity contribution in [3.63, 3.8) is 0 Å². The number of halogens is 1. The fraction of sp³-hybridized carbons (Fsp3) is 0.0800. The molecule has 2 heterocycles. The number of methoxy groups -OCH3 is 1. The lowest BCUT2D eigenvalue weighted by atomic mass is 10.1. The van der Waals surface area contributed by atoms with Gasteiger partial charge >= 0.3 is 0 Å². The quantitative estimate of drug-likeness (QED) is 0.432. The summed E-state index contributed by atoms with van der Waals surface area (Å²) in [5.41, 5.74) is 2.73. The number of carbonyl (C=O) groups is 1. The lowest BCUT2D eigenvalue weighted by Gasteiger charge is -2.08. The van der Waals surface area contributed by atoms with Crippen LogP contribution in [0.15, 0.2) is 77.7 Å². The molecule has 1 amide bonds. The maximum absolute atomic E-state index is 13.3. The van der Waals surface area contributed by atoms with Crippen molar-refractivity contribution in [2.75, 3.05) is 7.11 Å². The molecule has 0 fully saturated rings. The van der Waals surface area contributed by atoms with E-state index in [9.17, 15) is 14.0 Å². The number of hydrogen-bond acceptors (Lipinski definition) is 4. The number of ether oxygens (including phenoxy) is 1. The molecule has 5 rings (SSSR count). The van der Waals surface area contributed by atoms with E-state index in [4.69, 9.17) is 4.74 Å². The van der Waals surface area contributed by atoms with Crippen LogP contribution in [-0.4, -0.2) is 27.8 Å².